The number of amides is 1. The first kappa shape index (κ1) is 14.6. The van der Waals surface area contributed by atoms with Crippen LogP contribution in [-0.2, 0) is 10.4 Å². The van der Waals surface area contributed by atoms with E-state index >= 15 is 0 Å². The zero-order valence-corrected chi connectivity index (χ0v) is 13.3. The lowest BCUT2D eigenvalue weighted by molar-refractivity contribution is -0.186. The zero-order valence-electron chi connectivity index (χ0n) is 16.3. The van der Waals surface area contributed by atoms with E-state index in [0.29, 0.717) is 30.6 Å². The lowest BCUT2D eigenvalue weighted by Crippen LogP contribution is -2.47. The summed E-state index contributed by atoms with van der Waals surface area (Å²) in [5, 5.41) is 11.3. The van der Waals surface area contributed by atoms with Crippen molar-refractivity contribution >= 4 is 5.91 Å². The molecule has 1 saturated carbocycles. The fourth-order valence-corrected chi connectivity index (χ4v) is 3.20. The Kier molecular flexibility index (Phi) is 4.25. The van der Waals surface area contributed by atoms with Crippen LogP contribution in [0.5, 0.6) is 5.75 Å². The maximum Gasteiger partial charge on any atom is 0.471 e. The number of hydrogen-bond acceptors (Lipinski definition) is 3. The Bertz CT molecular complexity index is 681. The van der Waals surface area contributed by atoms with E-state index < -0.39 is 37.1 Å². The molecule has 0 heterocycles. The van der Waals surface area contributed by atoms with Crippen molar-refractivity contribution < 1.29 is 31.9 Å². The molecule has 2 atom stereocenters. The minimum absolute atomic E-state index is 0.159. The zero-order chi connectivity index (χ0) is 20.5. The summed E-state index contributed by atoms with van der Waals surface area (Å²) in [7, 11) is 1.44. The Labute approximate surface area is 143 Å². The molecule has 1 aliphatic rings. The first-order chi connectivity index (χ1) is 12.4. The van der Waals surface area contributed by atoms with Crippen molar-refractivity contribution in [3.63, 3.8) is 0 Å². The second kappa shape index (κ2) is 7.01. The van der Waals surface area contributed by atoms with E-state index in [1.54, 1.807) is 24.3 Å². The van der Waals surface area contributed by atoms with Gasteiger partial charge in [0, 0.05) is 23.6 Å². The molecule has 1 aliphatic carbocycles. The molecule has 0 unspecified atom stereocenters. The van der Waals surface area contributed by atoms with Crippen LogP contribution in [0.25, 0.3) is 0 Å². The van der Waals surface area contributed by atoms with Crippen molar-refractivity contribution in [1.82, 2.24) is 4.90 Å². The highest BCUT2D eigenvalue weighted by atomic mass is 19.4. The third-order valence-electron chi connectivity index (χ3n) is 4.50. The molecule has 0 bridgehead atoms. The molecule has 1 aromatic carbocycles. The lowest BCUT2D eigenvalue weighted by Gasteiger charge is -2.42. The predicted octanol–water partition coefficient (Wildman–Crippen LogP) is 3.09. The summed E-state index contributed by atoms with van der Waals surface area (Å²) in [6.45, 7) is -3.98. The van der Waals surface area contributed by atoms with Gasteiger partial charge in [0.25, 0.3) is 0 Å². The van der Waals surface area contributed by atoms with Gasteiger partial charge in [-0.25, -0.2) is 0 Å². The summed E-state index contributed by atoms with van der Waals surface area (Å²) >= 11 is 0. The van der Waals surface area contributed by atoms with E-state index in [1.807, 2.05) is 0 Å². The van der Waals surface area contributed by atoms with Gasteiger partial charge in [0.2, 0.25) is 0 Å². The van der Waals surface area contributed by atoms with E-state index in [0.717, 1.165) is 0 Å². The van der Waals surface area contributed by atoms with Gasteiger partial charge in [-0.15, -0.1) is 0 Å². The first-order valence-electron chi connectivity index (χ1n) is 9.15. The number of methoxy groups -OCH3 is 1. The number of carbonyl (C=O) groups excluding carboxylic acids is 1. The fourth-order valence-electron chi connectivity index (χ4n) is 3.20. The monoisotopic (exact) mass is 348 g/mol. The summed E-state index contributed by atoms with van der Waals surface area (Å²) < 4.78 is 65.8. The van der Waals surface area contributed by atoms with Gasteiger partial charge >= 0.3 is 12.1 Å². The normalized spacial score (nSPS) is 26.9. The molecule has 24 heavy (non-hydrogen) atoms. The minimum Gasteiger partial charge on any atom is -0.497 e. The molecular formula is C17H22F3NO3. The van der Waals surface area contributed by atoms with Gasteiger partial charge in [-0.1, -0.05) is 25.0 Å². The third kappa shape index (κ3) is 3.83. The summed E-state index contributed by atoms with van der Waals surface area (Å²) in [5.41, 5.74) is -1.13. The average Bonchev–Trinajstić information content (AvgIpc) is 2.58. The SMILES string of the molecule is [2H]C([2H])([2H])N(C[C@H]1CCCC[C@]1(O)c1cccc(OC)c1)C(=O)C(F)(F)F. The molecule has 134 valence electrons. The van der Waals surface area contributed by atoms with E-state index in [2.05, 4.69) is 0 Å². The Morgan fingerprint density at radius 1 is 1.50 bits per heavy atom. The van der Waals surface area contributed by atoms with Gasteiger partial charge in [-0.3, -0.25) is 4.79 Å². The highest BCUT2D eigenvalue weighted by molar-refractivity contribution is 5.81. The van der Waals surface area contributed by atoms with E-state index in [-0.39, 0.29) is 11.3 Å². The lowest BCUT2D eigenvalue weighted by atomic mass is 9.71. The van der Waals surface area contributed by atoms with Gasteiger partial charge in [0.1, 0.15) is 5.75 Å². The molecule has 2 rings (SSSR count). The molecule has 0 saturated heterocycles. The number of ether oxygens (including phenoxy) is 1. The Hall–Kier alpha value is -1.76. The van der Waals surface area contributed by atoms with Crippen molar-refractivity contribution in [3.8, 4) is 5.75 Å². The number of aliphatic hydroxyl groups is 1. The van der Waals surface area contributed by atoms with E-state index in [4.69, 9.17) is 8.85 Å². The molecule has 7 heteroatoms. The number of nitrogens with zero attached hydrogens (tertiary/aromatic N) is 1. The molecule has 0 spiro atoms. The van der Waals surface area contributed by atoms with Crippen LogP contribution in [0.4, 0.5) is 13.2 Å². The smallest absolute Gasteiger partial charge is 0.471 e. The number of carbonyl (C=O) groups is 1. The van der Waals surface area contributed by atoms with E-state index in [9.17, 15) is 23.1 Å². The Morgan fingerprint density at radius 3 is 2.88 bits per heavy atom. The number of rotatable bonds is 4. The Balaban J connectivity index is 2.38. The van der Waals surface area contributed by atoms with Crippen molar-refractivity contribution in [2.75, 3.05) is 20.6 Å². The van der Waals surface area contributed by atoms with Crippen LogP contribution < -0.4 is 4.74 Å². The van der Waals surface area contributed by atoms with Gasteiger partial charge in [0.15, 0.2) is 0 Å². The minimum atomic E-state index is -5.31. The highest BCUT2D eigenvalue weighted by Gasteiger charge is 2.45. The van der Waals surface area contributed by atoms with Crippen LogP contribution in [-0.4, -0.2) is 42.7 Å². The van der Waals surface area contributed by atoms with Gasteiger partial charge in [0.05, 0.1) is 12.7 Å². The summed E-state index contributed by atoms with van der Waals surface area (Å²) in [4.78, 5) is 11.5. The fraction of sp³-hybridized carbons (Fsp3) is 0.588. The maximum absolute atomic E-state index is 12.9. The third-order valence-corrected chi connectivity index (χ3v) is 4.50. The Morgan fingerprint density at radius 2 is 2.25 bits per heavy atom. The van der Waals surface area contributed by atoms with Crippen molar-refractivity contribution in [2.45, 2.75) is 37.5 Å². The number of benzene rings is 1. The van der Waals surface area contributed by atoms with E-state index in [1.165, 1.54) is 7.11 Å². The second-order valence-electron chi connectivity index (χ2n) is 6.01. The van der Waals surface area contributed by atoms with Crippen LogP contribution in [0, 0.1) is 5.92 Å². The molecule has 0 aromatic heterocycles. The van der Waals surface area contributed by atoms with Crippen molar-refractivity contribution in [3.05, 3.63) is 29.8 Å². The average molecular weight is 348 g/mol. The number of alkyl halides is 3. The quantitative estimate of drug-likeness (QED) is 0.910. The molecule has 1 N–H and O–H groups in total. The molecule has 1 fully saturated rings. The van der Waals surface area contributed by atoms with Crippen LogP contribution >= 0.6 is 0 Å². The maximum atomic E-state index is 12.9. The standard InChI is InChI=1S/C17H22F3NO3/c1-21(15(22)17(18,19)20)11-13-6-3-4-9-16(13,23)12-7-5-8-14(10-12)24-2/h5,7-8,10,13,23H,3-4,6,9,11H2,1-2H3/t13-,16+/m1/s1/i1D3. The number of halogens is 3. The first-order valence-corrected chi connectivity index (χ1v) is 7.65. The molecule has 1 aromatic rings. The van der Waals surface area contributed by atoms with Gasteiger partial charge in [-0.05, 0) is 30.5 Å². The summed E-state index contributed by atoms with van der Waals surface area (Å²) in [5.74, 6) is -2.82. The van der Waals surface area contributed by atoms with Crippen LogP contribution in [0.3, 0.4) is 0 Å². The molecule has 0 radical (unpaired) electrons. The van der Waals surface area contributed by atoms with Crippen molar-refractivity contribution in [2.24, 2.45) is 5.92 Å². The topological polar surface area (TPSA) is 49.8 Å². The number of hydrogen-bond donors (Lipinski definition) is 1. The van der Waals surface area contributed by atoms with Crippen LogP contribution in [0.1, 0.15) is 35.4 Å². The summed E-state index contributed by atoms with van der Waals surface area (Å²) in [6, 6.07) is 6.49. The molecule has 4 nitrogen and oxygen atoms in total. The second-order valence-corrected chi connectivity index (χ2v) is 6.01. The molecular weight excluding hydrogens is 323 g/mol. The largest absolute Gasteiger partial charge is 0.497 e. The molecule has 1 amide bonds. The predicted molar refractivity (Wildman–Crippen MR) is 82.5 cm³/mol. The van der Waals surface area contributed by atoms with Crippen molar-refractivity contribution in [1.29, 1.82) is 0 Å². The van der Waals surface area contributed by atoms with Crippen LogP contribution in [0.2, 0.25) is 0 Å². The summed E-state index contributed by atoms with van der Waals surface area (Å²) in [6.07, 6.45) is -3.51. The molecule has 0 aliphatic heterocycles. The van der Waals surface area contributed by atoms with Gasteiger partial charge < -0.3 is 14.7 Å². The highest BCUT2D eigenvalue weighted by Crippen LogP contribution is 2.43. The van der Waals surface area contributed by atoms with Crippen LogP contribution in [0.15, 0.2) is 24.3 Å². The van der Waals surface area contributed by atoms with Gasteiger partial charge in [-0.2, -0.15) is 13.2 Å².